The van der Waals surface area contributed by atoms with Crippen LogP contribution in [0.15, 0.2) is 30.3 Å². The van der Waals surface area contributed by atoms with Gasteiger partial charge >= 0.3 is 0 Å². The monoisotopic (exact) mass is 273 g/mol. The Kier molecular flexibility index (Phi) is 3.34. The van der Waals surface area contributed by atoms with Gasteiger partial charge in [0.2, 0.25) is 0 Å². The zero-order chi connectivity index (χ0) is 13.3. The van der Waals surface area contributed by atoms with Crippen molar-refractivity contribution in [2.75, 3.05) is 5.73 Å². The van der Waals surface area contributed by atoms with Crippen LogP contribution >= 0.6 is 11.6 Å². The van der Waals surface area contributed by atoms with Gasteiger partial charge in [-0.25, -0.2) is 13.2 Å². The first-order valence-corrected chi connectivity index (χ1v) is 5.22. The summed E-state index contributed by atoms with van der Waals surface area (Å²) < 4.78 is 44.2. The Hall–Kier alpha value is -1.88. The van der Waals surface area contributed by atoms with Crippen molar-refractivity contribution in [2.24, 2.45) is 0 Å². The third-order valence-electron chi connectivity index (χ3n) is 2.17. The average Bonchev–Trinajstić information content (AvgIpc) is 2.29. The molecule has 0 saturated heterocycles. The normalized spacial score (nSPS) is 10.4. The highest BCUT2D eigenvalue weighted by Gasteiger charge is 2.11. The van der Waals surface area contributed by atoms with Crippen molar-refractivity contribution < 1.29 is 17.9 Å². The summed E-state index contributed by atoms with van der Waals surface area (Å²) in [6, 6.07) is 4.87. The van der Waals surface area contributed by atoms with Crippen LogP contribution in [0, 0.1) is 17.5 Å². The summed E-state index contributed by atoms with van der Waals surface area (Å²) in [5.41, 5.74) is 5.46. The van der Waals surface area contributed by atoms with Gasteiger partial charge in [0, 0.05) is 18.2 Å². The standard InChI is InChI=1S/C12H7ClF3NO/c13-7-4-12(10(17)5-8(7)15)18-11-2-1-6(14)3-9(11)16/h1-5H,17H2. The SMILES string of the molecule is Nc1cc(F)c(Cl)cc1Oc1ccc(F)cc1F. The minimum Gasteiger partial charge on any atom is -0.452 e. The molecule has 0 spiro atoms. The number of anilines is 1. The molecule has 18 heavy (non-hydrogen) atoms. The van der Waals surface area contributed by atoms with Crippen LogP contribution in [0.2, 0.25) is 5.02 Å². The highest BCUT2D eigenvalue weighted by Crippen LogP contribution is 2.33. The third kappa shape index (κ3) is 2.51. The molecule has 2 aromatic rings. The molecule has 0 aliphatic rings. The van der Waals surface area contributed by atoms with Crippen molar-refractivity contribution in [3.8, 4) is 11.5 Å². The first-order chi connectivity index (χ1) is 8.47. The van der Waals surface area contributed by atoms with Crippen molar-refractivity contribution in [1.82, 2.24) is 0 Å². The Balaban J connectivity index is 2.37. The van der Waals surface area contributed by atoms with Gasteiger partial charge in [-0.05, 0) is 12.1 Å². The number of hydrogen-bond acceptors (Lipinski definition) is 2. The average molecular weight is 274 g/mol. The Morgan fingerprint density at radius 3 is 2.33 bits per heavy atom. The lowest BCUT2D eigenvalue weighted by molar-refractivity contribution is 0.438. The quantitative estimate of drug-likeness (QED) is 0.835. The van der Waals surface area contributed by atoms with Gasteiger partial charge in [-0.15, -0.1) is 0 Å². The lowest BCUT2D eigenvalue weighted by atomic mass is 10.2. The molecule has 2 N–H and O–H groups in total. The van der Waals surface area contributed by atoms with Gasteiger partial charge < -0.3 is 10.5 Å². The van der Waals surface area contributed by atoms with E-state index in [1.165, 1.54) is 0 Å². The molecule has 0 aliphatic heterocycles. The zero-order valence-corrected chi connectivity index (χ0v) is 9.64. The van der Waals surface area contributed by atoms with Crippen molar-refractivity contribution in [1.29, 1.82) is 0 Å². The molecule has 0 fully saturated rings. The van der Waals surface area contributed by atoms with Crippen LogP contribution in [-0.2, 0) is 0 Å². The van der Waals surface area contributed by atoms with Crippen LogP contribution in [0.5, 0.6) is 11.5 Å². The summed E-state index contributed by atoms with van der Waals surface area (Å²) in [6.07, 6.45) is 0. The van der Waals surface area contributed by atoms with Crippen LogP contribution in [0.1, 0.15) is 0 Å². The molecule has 0 aromatic heterocycles. The minimum absolute atomic E-state index is 0.00749. The first-order valence-electron chi connectivity index (χ1n) is 4.85. The molecule has 6 heteroatoms. The van der Waals surface area contributed by atoms with Gasteiger partial charge in [-0.1, -0.05) is 11.6 Å². The fourth-order valence-electron chi connectivity index (χ4n) is 1.31. The van der Waals surface area contributed by atoms with E-state index < -0.39 is 17.5 Å². The summed E-state index contributed by atoms with van der Waals surface area (Å²) in [4.78, 5) is 0. The van der Waals surface area contributed by atoms with Crippen LogP contribution < -0.4 is 10.5 Å². The fourth-order valence-corrected chi connectivity index (χ4v) is 1.46. The number of nitrogen functional groups attached to an aromatic ring is 1. The molecule has 2 aromatic carbocycles. The van der Waals surface area contributed by atoms with E-state index in [2.05, 4.69) is 0 Å². The summed E-state index contributed by atoms with van der Waals surface area (Å²) >= 11 is 5.55. The van der Waals surface area contributed by atoms with Crippen LogP contribution in [0.4, 0.5) is 18.9 Å². The van der Waals surface area contributed by atoms with Crippen LogP contribution in [0.3, 0.4) is 0 Å². The molecule has 0 aliphatic carbocycles. The number of halogens is 4. The topological polar surface area (TPSA) is 35.2 Å². The lowest BCUT2D eigenvalue weighted by Gasteiger charge is -2.10. The number of hydrogen-bond donors (Lipinski definition) is 1. The summed E-state index contributed by atoms with van der Waals surface area (Å²) in [5, 5.41) is -0.207. The summed E-state index contributed by atoms with van der Waals surface area (Å²) in [6.45, 7) is 0. The molecule has 0 atom stereocenters. The van der Waals surface area contributed by atoms with E-state index in [4.69, 9.17) is 22.1 Å². The van der Waals surface area contributed by atoms with Gasteiger partial charge in [-0.2, -0.15) is 0 Å². The van der Waals surface area contributed by atoms with Crippen molar-refractivity contribution in [3.05, 3.63) is 52.8 Å². The van der Waals surface area contributed by atoms with E-state index in [9.17, 15) is 13.2 Å². The van der Waals surface area contributed by atoms with Gasteiger partial charge in [0.05, 0.1) is 10.7 Å². The molecule has 2 rings (SSSR count). The van der Waals surface area contributed by atoms with E-state index >= 15 is 0 Å². The largest absolute Gasteiger partial charge is 0.452 e. The highest BCUT2D eigenvalue weighted by molar-refractivity contribution is 6.31. The fraction of sp³-hybridized carbons (Fsp3) is 0. The van der Waals surface area contributed by atoms with Crippen LogP contribution in [-0.4, -0.2) is 0 Å². The minimum atomic E-state index is -0.894. The lowest BCUT2D eigenvalue weighted by Crippen LogP contribution is -1.95. The number of rotatable bonds is 2. The molecule has 0 radical (unpaired) electrons. The molecule has 2 nitrogen and oxygen atoms in total. The molecule has 94 valence electrons. The second kappa shape index (κ2) is 4.78. The third-order valence-corrected chi connectivity index (χ3v) is 2.46. The van der Waals surface area contributed by atoms with Crippen LogP contribution in [0.25, 0.3) is 0 Å². The molecule has 0 amide bonds. The Morgan fingerprint density at radius 2 is 1.67 bits per heavy atom. The van der Waals surface area contributed by atoms with Gasteiger partial charge in [-0.3, -0.25) is 0 Å². The van der Waals surface area contributed by atoms with Gasteiger partial charge in [0.15, 0.2) is 17.3 Å². The van der Waals surface area contributed by atoms with Crippen molar-refractivity contribution in [2.45, 2.75) is 0 Å². The zero-order valence-electron chi connectivity index (χ0n) is 8.88. The highest BCUT2D eigenvalue weighted by atomic mass is 35.5. The maximum Gasteiger partial charge on any atom is 0.168 e. The number of ether oxygens (including phenoxy) is 1. The molecule has 0 heterocycles. The molecule has 0 bridgehead atoms. The van der Waals surface area contributed by atoms with E-state index in [1.807, 2.05) is 0 Å². The van der Waals surface area contributed by atoms with E-state index in [1.54, 1.807) is 0 Å². The van der Waals surface area contributed by atoms with Gasteiger partial charge in [0.1, 0.15) is 11.6 Å². The smallest absolute Gasteiger partial charge is 0.168 e. The number of nitrogens with two attached hydrogens (primary N) is 1. The second-order valence-electron chi connectivity index (χ2n) is 3.48. The summed E-state index contributed by atoms with van der Waals surface area (Å²) in [5.74, 6) is -2.57. The van der Waals surface area contributed by atoms with E-state index in [0.717, 1.165) is 24.3 Å². The van der Waals surface area contributed by atoms with Crippen molar-refractivity contribution in [3.63, 3.8) is 0 Å². The predicted molar refractivity (Wildman–Crippen MR) is 62.3 cm³/mol. The van der Waals surface area contributed by atoms with E-state index in [0.29, 0.717) is 6.07 Å². The maximum absolute atomic E-state index is 13.3. The Labute approximate surface area is 106 Å². The maximum atomic E-state index is 13.3. The predicted octanol–water partition coefficient (Wildman–Crippen LogP) is 4.13. The van der Waals surface area contributed by atoms with Crippen molar-refractivity contribution >= 4 is 17.3 Å². The first kappa shape index (κ1) is 12.6. The Bertz CT molecular complexity index is 604. The molecule has 0 unspecified atom stereocenters. The second-order valence-corrected chi connectivity index (χ2v) is 3.89. The molecule has 0 saturated carbocycles. The number of benzene rings is 2. The van der Waals surface area contributed by atoms with Gasteiger partial charge in [0.25, 0.3) is 0 Å². The summed E-state index contributed by atoms with van der Waals surface area (Å²) in [7, 11) is 0. The van der Waals surface area contributed by atoms with E-state index in [-0.39, 0.29) is 22.2 Å². The molecular formula is C12H7ClF3NO. The molecular weight excluding hydrogens is 267 g/mol. The Morgan fingerprint density at radius 1 is 0.944 bits per heavy atom.